The van der Waals surface area contributed by atoms with Crippen molar-refractivity contribution in [3.8, 4) is 5.75 Å². The third kappa shape index (κ3) is 8.19. The molecule has 0 aliphatic carbocycles. The highest BCUT2D eigenvalue weighted by Gasteiger charge is 2.39. The summed E-state index contributed by atoms with van der Waals surface area (Å²) in [7, 11) is -4.03. The summed E-state index contributed by atoms with van der Waals surface area (Å²) in [6.45, 7) is 8.53. The van der Waals surface area contributed by atoms with Crippen LogP contribution in [-0.4, -0.2) is 48.7 Å². The Hall–Kier alpha value is -3.11. The van der Waals surface area contributed by atoms with Crippen molar-refractivity contribution in [1.29, 1.82) is 0 Å². The Morgan fingerprint density at radius 3 is 2.45 bits per heavy atom. The predicted octanol–water partition coefficient (Wildman–Crippen LogP) is 5.41. The zero-order chi connectivity index (χ0) is 27.5. The minimum atomic E-state index is -4.03. The molecule has 0 radical (unpaired) electrons. The monoisotopic (exact) mass is 557 g/mol. The number of nitrogens with one attached hydrogen (secondary N) is 1. The first-order valence-electron chi connectivity index (χ1n) is 12.8. The second kappa shape index (κ2) is 14.2. The molecule has 2 aromatic rings. The van der Waals surface area contributed by atoms with E-state index in [4.69, 9.17) is 4.74 Å². The van der Waals surface area contributed by atoms with E-state index in [1.54, 1.807) is 36.4 Å². The number of anilines is 1. The first-order valence-corrected chi connectivity index (χ1v) is 15.1. The van der Waals surface area contributed by atoms with Gasteiger partial charge in [-0.15, -0.1) is 11.0 Å². The molecule has 1 aliphatic rings. The Bertz CT molecular complexity index is 1240. The third-order valence-electron chi connectivity index (χ3n) is 5.93. The van der Waals surface area contributed by atoms with Gasteiger partial charge in [-0.1, -0.05) is 63.1 Å². The summed E-state index contributed by atoms with van der Waals surface area (Å²) in [5, 5.41) is 2.03. The quantitative estimate of drug-likeness (QED) is 0.246. The maximum absolute atomic E-state index is 13.0. The largest absolute Gasteiger partial charge is 0.494 e. The number of carbonyl (C=O) groups is 2. The van der Waals surface area contributed by atoms with Crippen molar-refractivity contribution in [3.63, 3.8) is 0 Å². The van der Waals surface area contributed by atoms with Crippen LogP contribution in [0.4, 0.5) is 5.69 Å². The number of amides is 2. The lowest BCUT2D eigenvalue weighted by molar-refractivity contribution is -0.127. The van der Waals surface area contributed by atoms with Crippen LogP contribution in [0.1, 0.15) is 51.5 Å². The molecule has 1 heterocycles. The van der Waals surface area contributed by atoms with Gasteiger partial charge in [0.1, 0.15) is 11.0 Å². The van der Waals surface area contributed by atoms with E-state index in [0.717, 1.165) is 42.3 Å². The first kappa shape index (κ1) is 29.4. The minimum Gasteiger partial charge on any atom is -0.494 e. The van der Waals surface area contributed by atoms with Gasteiger partial charge >= 0.3 is 0 Å². The maximum Gasteiger partial charge on any atom is 0.284 e. The lowest BCUT2D eigenvalue weighted by Crippen LogP contribution is -2.33. The minimum absolute atomic E-state index is 0.0349. The fraction of sp³-hybridized carbons (Fsp3) is 0.393. The van der Waals surface area contributed by atoms with Crippen LogP contribution < -0.4 is 10.1 Å². The summed E-state index contributed by atoms with van der Waals surface area (Å²) in [4.78, 5) is 27.0. The van der Waals surface area contributed by atoms with Crippen molar-refractivity contribution in [2.75, 3.05) is 18.5 Å². The maximum atomic E-state index is 13.0. The number of amidine groups is 1. The van der Waals surface area contributed by atoms with Gasteiger partial charge in [0.15, 0.2) is 5.17 Å². The van der Waals surface area contributed by atoms with Gasteiger partial charge in [0.25, 0.3) is 10.0 Å². The van der Waals surface area contributed by atoms with E-state index in [9.17, 15) is 18.0 Å². The molecule has 38 heavy (non-hydrogen) atoms. The van der Waals surface area contributed by atoms with E-state index in [-0.39, 0.29) is 34.8 Å². The van der Waals surface area contributed by atoms with Gasteiger partial charge in [0.2, 0.25) is 11.8 Å². The number of thioether (sulfide) groups is 1. The molecular weight excluding hydrogens is 522 g/mol. The SMILES string of the molecule is C=CCN1C(=O)C(CC(=O)Nc2ccc(OCCCCCC)cc2)SC1=NS(=O)(=O)c1ccc(CC)cc1. The van der Waals surface area contributed by atoms with Crippen molar-refractivity contribution < 1.29 is 22.7 Å². The van der Waals surface area contributed by atoms with Crippen molar-refractivity contribution in [1.82, 2.24) is 4.90 Å². The first-order chi connectivity index (χ1) is 18.3. The Labute approximate surface area is 229 Å². The van der Waals surface area contributed by atoms with E-state index in [1.807, 2.05) is 6.92 Å². The molecule has 1 aliphatic heterocycles. The van der Waals surface area contributed by atoms with Crippen molar-refractivity contribution in [2.24, 2.45) is 4.40 Å². The Morgan fingerprint density at radius 2 is 1.82 bits per heavy atom. The lowest BCUT2D eigenvalue weighted by Gasteiger charge is -2.14. The highest BCUT2D eigenvalue weighted by atomic mass is 32.2. The molecule has 2 amide bonds. The summed E-state index contributed by atoms with van der Waals surface area (Å²) in [6.07, 6.45) is 6.65. The fourth-order valence-corrected chi connectivity index (χ4v) is 6.16. The molecule has 0 bridgehead atoms. The fourth-order valence-electron chi connectivity index (χ4n) is 3.79. The number of hydrogen-bond donors (Lipinski definition) is 1. The van der Waals surface area contributed by atoms with Crippen molar-refractivity contribution in [2.45, 2.75) is 62.5 Å². The van der Waals surface area contributed by atoms with E-state index < -0.39 is 15.3 Å². The molecule has 3 rings (SSSR count). The van der Waals surface area contributed by atoms with Crippen LogP contribution in [0.3, 0.4) is 0 Å². The van der Waals surface area contributed by atoms with Crippen molar-refractivity contribution >= 4 is 44.5 Å². The number of benzene rings is 2. The number of rotatable bonds is 14. The molecule has 2 aromatic carbocycles. The third-order valence-corrected chi connectivity index (χ3v) is 8.51. The Balaban J connectivity index is 1.62. The molecule has 8 nitrogen and oxygen atoms in total. The number of carbonyl (C=O) groups excluding carboxylic acids is 2. The molecule has 1 atom stereocenters. The molecule has 1 N–H and O–H groups in total. The number of ether oxygens (including phenoxy) is 1. The van der Waals surface area contributed by atoms with E-state index >= 15 is 0 Å². The summed E-state index contributed by atoms with van der Waals surface area (Å²) in [5.74, 6) is -0.0125. The predicted molar refractivity (Wildman–Crippen MR) is 153 cm³/mol. The molecule has 1 unspecified atom stereocenters. The zero-order valence-electron chi connectivity index (χ0n) is 21.9. The van der Waals surface area contributed by atoms with Crippen LogP contribution in [0.25, 0.3) is 0 Å². The summed E-state index contributed by atoms with van der Waals surface area (Å²) >= 11 is 0.971. The molecule has 1 saturated heterocycles. The summed E-state index contributed by atoms with van der Waals surface area (Å²) in [5.41, 5.74) is 1.59. The normalized spacial score (nSPS) is 16.6. The standard InChI is InChI=1S/C28H35N3O5S2/c1-4-7-8-9-19-36-23-14-12-22(13-15-23)29-26(32)20-25-27(33)31(18-5-2)28(37-25)30-38(34,35)24-16-10-21(6-3)11-17-24/h5,10-17,25H,2,4,6-9,18-20H2,1,3H3,(H,29,32). The van der Waals surface area contributed by atoms with Gasteiger partial charge in [0.05, 0.1) is 11.5 Å². The number of hydrogen-bond acceptors (Lipinski definition) is 6. The topological polar surface area (TPSA) is 105 Å². The van der Waals surface area contributed by atoms with Gasteiger partial charge < -0.3 is 10.1 Å². The van der Waals surface area contributed by atoms with E-state index in [1.165, 1.54) is 36.0 Å². The molecule has 10 heteroatoms. The van der Waals surface area contributed by atoms with Gasteiger partial charge in [-0.05, 0) is 54.8 Å². The van der Waals surface area contributed by atoms with Crippen LogP contribution in [0.5, 0.6) is 5.75 Å². The van der Waals surface area contributed by atoms with Crippen LogP contribution in [0.15, 0.2) is 70.5 Å². The number of aryl methyl sites for hydroxylation is 1. The number of unbranched alkanes of at least 4 members (excludes halogenated alkanes) is 3. The van der Waals surface area contributed by atoms with Crippen LogP contribution >= 0.6 is 11.8 Å². The van der Waals surface area contributed by atoms with Gasteiger partial charge in [-0.3, -0.25) is 14.5 Å². The average molecular weight is 558 g/mol. The molecule has 0 saturated carbocycles. The lowest BCUT2D eigenvalue weighted by atomic mass is 10.2. The second-order valence-corrected chi connectivity index (χ2v) is 11.7. The molecular formula is C28H35N3O5S2. The van der Waals surface area contributed by atoms with Crippen molar-refractivity contribution in [3.05, 3.63) is 66.7 Å². The van der Waals surface area contributed by atoms with Crippen LogP contribution in [-0.2, 0) is 26.0 Å². The summed E-state index contributed by atoms with van der Waals surface area (Å²) < 4.78 is 35.5. The molecule has 1 fully saturated rings. The van der Waals surface area contributed by atoms with Gasteiger partial charge in [-0.2, -0.15) is 8.42 Å². The Kier molecular flexibility index (Phi) is 11.0. The zero-order valence-corrected chi connectivity index (χ0v) is 23.5. The highest BCUT2D eigenvalue weighted by Crippen LogP contribution is 2.31. The van der Waals surface area contributed by atoms with Gasteiger partial charge in [-0.25, -0.2) is 0 Å². The number of nitrogens with zero attached hydrogens (tertiary/aromatic N) is 2. The smallest absolute Gasteiger partial charge is 0.284 e. The molecule has 0 aromatic heterocycles. The average Bonchev–Trinajstić information content (AvgIpc) is 3.18. The van der Waals surface area contributed by atoms with Gasteiger partial charge in [0, 0.05) is 18.7 Å². The second-order valence-electron chi connectivity index (χ2n) is 8.88. The number of sulfonamides is 1. The summed E-state index contributed by atoms with van der Waals surface area (Å²) in [6, 6.07) is 13.6. The van der Waals surface area contributed by atoms with E-state index in [2.05, 4.69) is 23.2 Å². The molecule has 0 spiro atoms. The van der Waals surface area contributed by atoms with Crippen LogP contribution in [0.2, 0.25) is 0 Å². The Morgan fingerprint density at radius 1 is 1.11 bits per heavy atom. The molecule has 204 valence electrons. The van der Waals surface area contributed by atoms with Crippen LogP contribution in [0, 0.1) is 0 Å². The van der Waals surface area contributed by atoms with E-state index in [0.29, 0.717) is 12.3 Å². The highest BCUT2D eigenvalue weighted by molar-refractivity contribution is 8.16.